The Bertz CT molecular complexity index is 4850. The molecule has 566 valence electrons. The first-order valence-electron chi connectivity index (χ1n) is 37.1. The van der Waals surface area contributed by atoms with Crippen LogP contribution in [0.2, 0.25) is 0 Å². The van der Waals surface area contributed by atoms with E-state index in [4.69, 9.17) is 19.3 Å². The summed E-state index contributed by atoms with van der Waals surface area (Å²) in [6.45, 7) is 23.5. The molecular formula is C84H107N21O3. The molecule has 108 heavy (non-hydrogen) atoms. The third-order valence-corrected chi connectivity index (χ3v) is 22.8. The van der Waals surface area contributed by atoms with Crippen LogP contribution in [-0.4, -0.2) is 143 Å². The van der Waals surface area contributed by atoms with Crippen LogP contribution in [0, 0.1) is 75.9 Å². The Balaban J connectivity index is 0.000000185. The minimum absolute atomic E-state index is 0. The number of H-pyrrole nitrogens is 1. The van der Waals surface area contributed by atoms with E-state index in [-0.39, 0.29) is 63.8 Å². The second-order valence-electron chi connectivity index (χ2n) is 30.8. The molecule has 0 bridgehead atoms. The van der Waals surface area contributed by atoms with Gasteiger partial charge in [-0.05, 0) is 108 Å². The molecule has 10 aromatic rings. The zero-order valence-electron chi connectivity index (χ0n) is 63.0. The van der Waals surface area contributed by atoms with Crippen LogP contribution in [0.15, 0.2) is 141 Å². The highest BCUT2D eigenvalue weighted by Gasteiger charge is 2.50. The fraction of sp³-hybridized carbons (Fsp3) is 0.405. The van der Waals surface area contributed by atoms with Gasteiger partial charge >= 0.3 is 0 Å². The lowest BCUT2D eigenvalue weighted by Crippen LogP contribution is -2.57. The number of hydrogen-bond donors (Lipinski definition) is 12. The van der Waals surface area contributed by atoms with E-state index in [0.717, 1.165) is 63.1 Å². The van der Waals surface area contributed by atoms with Gasteiger partial charge in [-0.3, -0.25) is 4.98 Å². The van der Waals surface area contributed by atoms with E-state index < -0.39 is 0 Å². The number of anilines is 8. The number of benzene rings is 2. The zero-order chi connectivity index (χ0) is 76.3. The van der Waals surface area contributed by atoms with E-state index in [2.05, 4.69) is 195 Å². The summed E-state index contributed by atoms with van der Waals surface area (Å²) in [5, 5.41) is 68.3. The molecular weight excluding hydrogens is 1350 g/mol. The number of nitriles is 1. The average molecular weight is 1460 g/mol. The van der Waals surface area contributed by atoms with Crippen molar-refractivity contribution in [3.05, 3.63) is 180 Å². The van der Waals surface area contributed by atoms with Gasteiger partial charge in [-0.25, -0.2) is 19.9 Å². The van der Waals surface area contributed by atoms with Gasteiger partial charge in [0, 0.05) is 139 Å². The Hall–Kier alpha value is -11.5. The van der Waals surface area contributed by atoms with Gasteiger partial charge in [0.25, 0.3) is 0 Å². The lowest BCUT2D eigenvalue weighted by molar-refractivity contribution is -0.0512. The van der Waals surface area contributed by atoms with Crippen LogP contribution in [0.4, 0.5) is 47.1 Å². The molecule has 0 unspecified atom stereocenters. The van der Waals surface area contributed by atoms with Gasteiger partial charge in [-0.2, -0.15) is 25.2 Å². The molecule has 15 rings (SSSR count). The standard InChI is InChI=1S/3C22H25N5O.C18H24N6.4H2/c1-4-14-13-25-21(27-20(14)26-18-12-19(28)22(18,2)3)24-11-9-15-7-8-17-16(15)6-5-10-23-17;1-4-15-14-24-21(26-20(15)25-18-13-19(28)22(18,2)3)23-10-12-27-11-9-16-7-5-6-8-17(16)27;1-4-14-12-25-21(27-20(14)26-18-11-19(28)22(18,2)3)23-10-9-15-13-24-17-8-6-5-7-16(15)17;1-13-10-15(18(13,2)3)22-16-14(11-19)12-21-17(23-16)20-6-9-24-7-4-5-8-24;;;;/h1,5-7,10,13,18-19,28H,8-9,11-12H2,2-3H3,(H2,24,25,26,27);1,5-9,11,14,18-19,28H,10,12-13H2,2-3H3,(H2,23,24,25,26);1,5-8,12-13,18-19,24,28H,9-11H2,2-3H3,(H2,23,25,26,27);4-5,7-8,12-13,15H,6,9-10H2,1-3H3,(H2,20,21,22,23);4*1H/t3*18-,19+;13-,15+;;;;/m1110..../s1. The smallest absolute Gasteiger partial charge is 0.224 e. The van der Waals surface area contributed by atoms with Crippen molar-refractivity contribution in [1.82, 2.24) is 59.0 Å². The number of rotatable bonds is 24. The van der Waals surface area contributed by atoms with Crippen LogP contribution in [-0.2, 0) is 25.9 Å². The number of aromatic nitrogens is 12. The lowest BCUT2D eigenvalue weighted by atomic mass is 9.59. The number of hydrogen-bond acceptors (Lipinski definition) is 21. The van der Waals surface area contributed by atoms with Crippen molar-refractivity contribution in [3.63, 3.8) is 0 Å². The van der Waals surface area contributed by atoms with E-state index in [1.807, 2.05) is 109 Å². The molecule has 24 nitrogen and oxygen atoms in total. The molecule has 12 N–H and O–H groups in total. The van der Waals surface area contributed by atoms with Gasteiger partial charge in [0.15, 0.2) is 0 Å². The van der Waals surface area contributed by atoms with Crippen molar-refractivity contribution >= 4 is 74.4 Å². The number of para-hydroxylation sites is 2. The number of terminal acetylenes is 3. The van der Waals surface area contributed by atoms with Gasteiger partial charge in [0.05, 0.1) is 65.5 Å². The van der Waals surface area contributed by atoms with Crippen molar-refractivity contribution in [2.75, 3.05) is 68.7 Å². The van der Waals surface area contributed by atoms with Crippen LogP contribution in [0.25, 0.3) is 27.4 Å². The van der Waals surface area contributed by atoms with Gasteiger partial charge in [0.1, 0.15) is 34.9 Å². The van der Waals surface area contributed by atoms with Gasteiger partial charge in [-0.15, -0.1) is 19.3 Å². The van der Waals surface area contributed by atoms with Crippen LogP contribution >= 0.6 is 0 Å². The first kappa shape index (κ1) is 76.1. The molecule has 4 saturated carbocycles. The average Bonchev–Trinajstić information content (AvgIpc) is 1.69. The SMILES string of the molecule is C#Cc1cnc(NCCC2=CCc3ncccc32)nc1N[C@@H]1C[C@H](O)C1(C)C.C#Cc1cnc(NCCc2c[nH]c3ccccc23)nc1N[C@@H]1C[C@H](O)C1(C)C.C#Cc1cnc(NCCn2ccc3ccccc32)nc1N[C@@H]1C[C@H](O)C1(C)C.C[C@H]1C[C@@H](Nc2nc(NCCn3cccc3)ncc2C#N)C1(C)C.[HH].[HH].[HH].[HH]. The summed E-state index contributed by atoms with van der Waals surface area (Å²) in [6, 6.07) is 29.7. The van der Waals surface area contributed by atoms with Crippen LogP contribution in [0.3, 0.4) is 0 Å². The van der Waals surface area contributed by atoms with Crippen LogP contribution < -0.4 is 42.5 Å². The molecule has 0 amide bonds. The van der Waals surface area contributed by atoms with Crippen molar-refractivity contribution in [2.45, 2.75) is 163 Å². The van der Waals surface area contributed by atoms with Gasteiger partial charge < -0.3 is 72.0 Å². The summed E-state index contributed by atoms with van der Waals surface area (Å²) in [4.78, 5) is 43.2. The number of nitrogens with one attached hydrogen (secondary N) is 9. The summed E-state index contributed by atoms with van der Waals surface area (Å²) < 4.78 is 4.30. The maximum atomic E-state index is 9.96. The highest BCUT2D eigenvalue weighted by atomic mass is 16.3. The van der Waals surface area contributed by atoms with E-state index in [1.165, 1.54) is 33.0 Å². The summed E-state index contributed by atoms with van der Waals surface area (Å²) in [7, 11) is 0. The predicted octanol–water partition coefficient (Wildman–Crippen LogP) is 13.2. The molecule has 24 heteroatoms. The summed E-state index contributed by atoms with van der Waals surface area (Å²) in [5.41, 5.74) is 9.24. The maximum Gasteiger partial charge on any atom is 0.224 e. The highest BCUT2D eigenvalue weighted by molar-refractivity contribution is 5.83. The zero-order valence-corrected chi connectivity index (χ0v) is 63.0. The molecule has 0 radical (unpaired) electrons. The van der Waals surface area contributed by atoms with Crippen molar-refractivity contribution in [1.29, 1.82) is 5.26 Å². The van der Waals surface area contributed by atoms with E-state index in [0.29, 0.717) is 114 Å². The molecule has 0 aliphatic heterocycles. The van der Waals surface area contributed by atoms with Crippen LogP contribution in [0.1, 0.15) is 139 Å². The first-order valence-corrected chi connectivity index (χ1v) is 37.1. The Morgan fingerprint density at radius 2 is 1.00 bits per heavy atom. The molecule has 8 aromatic heterocycles. The molecule has 0 spiro atoms. The molecule has 8 heterocycles. The third kappa shape index (κ3) is 17.1. The largest absolute Gasteiger partial charge is 0.392 e. The topological polar surface area (TPSA) is 322 Å². The first-order chi connectivity index (χ1) is 52.0. The monoisotopic (exact) mass is 1460 g/mol. The van der Waals surface area contributed by atoms with Crippen LogP contribution in [0.5, 0.6) is 0 Å². The Morgan fingerprint density at radius 1 is 0.528 bits per heavy atom. The Morgan fingerprint density at radius 3 is 1.50 bits per heavy atom. The second-order valence-corrected chi connectivity index (χ2v) is 30.8. The van der Waals surface area contributed by atoms with E-state index in [1.54, 1.807) is 24.8 Å². The number of allylic oxidation sites excluding steroid dienone is 1. The normalized spacial score (nSPS) is 21.0. The maximum absolute atomic E-state index is 9.96. The number of nitrogens with zero attached hydrogens (tertiary/aromatic N) is 12. The number of aliphatic hydroxyl groups is 3. The minimum Gasteiger partial charge on any atom is -0.392 e. The molecule has 8 atom stereocenters. The molecule has 2 aromatic carbocycles. The predicted molar refractivity (Wildman–Crippen MR) is 438 cm³/mol. The fourth-order valence-corrected chi connectivity index (χ4v) is 14.1. The van der Waals surface area contributed by atoms with E-state index >= 15 is 0 Å². The highest BCUT2D eigenvalue weighted by Crippen LogP contribution is 2.48. The number of aromatic amines is 1. The van der Waals surface area contributed by atoms with Crippen molar-refractivity contribution in [3.8, 4) is 43.1 Å². The Kier molecular flexibility index (Phi) is 23.3. The summed E-state index contributed by atoms with van der Waals surface area (Å²) >= 11 is 0. The number of aliphatic hydroxyl groups excluding tert-OH is 3. The third-order valence-electron chi connectivity index (χ3n) is 22.8. The summed E-state index contributed by atoms with van der Waals surface area (Å²) in [5.74, 6) is 13.3. The minimum atomic E-state index is -0.310. The molecule has 5 aliphatic rings. The fourth-order valence-electron chi connectivity index (χ4n) is 14.1. The summed E-state index contributed by atoms with van der Waals surface area (Å²) in [6.07, 6.45) is 40.5. The number of fused-ring (bicyclic) bond motifs is 3. The van der Waals surface area contributed by atoms with E-state index in [9.17, 15) is 20.6 Å². The molecule has 0 saturated heterocycles. The molecule has 4 fully saturated rings. The lowest BCUT2D eigenvalue weighted by Gasteiger charge is -2.51. The van der Waals surface area contributed by atoms with Crippen molar-refractivity contribution in [2.24, 2.45) is 27.6 Å². The quantitative estimate of drug-likeness (QED) is 0.0250. The van der Waals surface area contributed by atoms with Crippen molar-refractivity contribution < 1.29 is 21.0 Å². The Labute approximate surface area is 638 Å². The van der Waals surface area contributed by atoms with Gasteiger partial charge in [0.2, 0.25) is 23.8 Å². The molecule has 5 aliphatic carbocycles. The number of pyridine rings is 1. The van der Waals surface area contributed by atoms with Gasteiger partial charge in [-0.1, -0.05) is 129 Å². The second kappa shape index (κ2) is 33.1.